The van der Waals surface area contributed by atoms with E-state index in [1.807, 2.05) is 23.9 Å². The molecule has 3 N–H and O–H groups in total. The van der Waals surface area contributed by atoms with E-state index in [2.05, 4.69) is 10.4 Å². The number of rotatable bonds is 6. The van der Waals surface area contributed by atoms with Gasteiger partial charge >= 0.3 is 0 Å². The Morgan fingerprint density at radius 3 is 3.00 bits per heavy atom. The van der Waals surface area contributed by atoms with Crippen LogP contribution in [0.3, 0.4) is 0 Å². The Labute approximate surface area is 101 Å². The second-order valence-electron chi connectivity index (χ2n) is 4.90. The van der Waals surface area contributed by atoms with Crippen LogP contribution in [0.15, 0.2) is 18.5 Å². The highest BCUT2D eigenvalue weighted by atomic mass is 16.1. The Morgan fingerprint density at radius 2 is 2.41 bits per heavy atom. The van der Waals surface area contributed by atoms with Gasteiger partial charge in [0.25, 0.3) is 0 Å². The first-order valence-corrected chi connectivity index (χ1v) is 6.17. The zero-order chi connectivity index (χ0) is 12.3. The molecule has 1 saturated carbocycles. The van der Waals surface area contributed by atoms with Gasteiger partial charge in [0, 0.05) is 30.9 Å². The van der Waals surface area contributed by atoms with Crippen molar-refractivity contribution in [1.29, 1.82) is 0 Å². The summed E-state index contributed by atoms with van der Waals surface area (Å²) in [6.07, 6.45) is 6.42. The number of nitrogens with zero attached hydrogens (tertiary/aromatic N) is 2. The number of nitrogens with one attached hydrogen (secondary N) is 1. The summed E-state index contributed by atoms with van der Waals surface area (Å²) < 4.78 is 1.81. The van der Waals surface area contributed by atoms with E-state index in [-0.39, 0.29) is 18.0 Å². The first-order chi connectivity index (χ1) is 8.15. The van der Waals surface area contributed by atoms with Crippen LogP contribution in [0.4, 0.5) is 0 Å². The van der Waals surface area contributed by atoms with Gasteiger partial charge in [0.1, 0.15) is 0 Å². The topological polar surface area (TPSA) is 72.9 Å². The molecule has 1 aliphatic carbocycles. The van der Waals surface area contributed by atoms with Crippen molar-refractivity contribution < 1.29 is 4.79 Å². The monoisotopic (exact) mass is 236 g/mol. The molecule has 5 nitrogen and oxygen atoms in total. The minimum absolute atomic E-state index is 0.0342. The third-order valence-corrected chi connectivity index (χ3v) is 3.08. The van der Waals surface area contributed by atoms with E-state index in [4.69, 9.17) is 5.73 Å². The van der Waals surface area contributed by atoms with Crippen LogP contribution in [0.1, 0.15) is 26.2 Å². The third kappa shape index (κ3) is 3.85. The molecule has 0 radical (unpaired) electrons. The van der Waals surface area contributed by atoms with Gasteiger partial charge in [0.05, 0.1) is 6.54 Å². The molecular weight excluding hydrogens is 216 g/mol. The van der Waals surface area contributed by atoms with Crippen molar-refractivity contribution in [3.05, 3.63) is 18.5 Å². The van der Waals surface area contributed by atoms with Crippen molar-refractivity contribution >= 4 is 5.91 Å². The second kappa shape index (κ2) is 5.31. The van der Waals surface area contributed by atoms with Gasteiger partial charge in [-0.1, -0.05) is 0 Å². The molecule has 1 aliphatic rings. The van der Waals surface area contributed by atoms with E-state index in [1.165, 1.54) is 12.8 Å². The highest BCUT2D eigenvalue weighted by Gasteiger charge is 2.29. The number of amides is 1. The Bertz CT molecular complexity index is 359. The van der Waals surface area contributed by atoms with Crippen LogP contribution in [-0.2, 0) is 11.3 Å². The first kappa shape index (κ1) is 12.1. The molecule has 0 saturated heterocycles. The summed E-state index contributed by atoms with van der Waals surface area (Å²) in [4.78, 5) is 11.7. The smallest absolute Gasteiger partial charge is 0.221 e. The van der Waals surface area contributed by atoms with Crippen LogP contribution < -0.4 is 11.1 Å². The molecule has 2 atom stereocenters. The fourth-order valence-electron chi connectivity index (χ4n) is 1.97. The number of hydrogen-bond acceptors (Lipinski definition) is 3. The molecule has 5 heteroatoms. The molecule has 1 heterocycles. The minimum Gasteiger partial charge on any atom is -0.352 e. The molecule has 0 bridgehead atoms. The van der Waals surface area contributed by atoms with Crippen molar-refractivity contribution in [3.8, 4) is 0 Å². The zero-order valence-corrected chi connectivity index (χ0v) is 10.2. The minimum atomic E-state index is 0.0342. The Balaban J connectivity index is 1.70. The fraction of sp³-hybridized carbons (Fsp3) is 0.667. The number of carbonyl (C=O) groups is 1. The van der Waals surface area contributed by atoms with E-state index in [0.29, 0.717) is 18.9 Å². The predicted molar refractivity (Wildman–Crippen MR) is 65.1 cm³/mol. The van der Waals surface area contributed by atoms with Crippen LogP contribution in [0.25, 0.3) is 0 Å². The average Bonchev–Trinajstić information content (AvgIpc) is 2.99. The lowest BCUT2D eigenvalue weighted by molar-refractivity contribution is -0.122. The summed E-state index contributed by atoms with van der Waals surface area (Å²) in [6, 6.07) is 1.98. The largest absolute Gasteiger partial charge is 0.352 e. The number of nitrogens with two attached hydrogens (primary N) is 1. The van der Waals surface area contributed by atoms with Gasteiger partial charge in [-0.25, -0.2) is 0 Å². The molecule has 0 aromatic carbocycles. The molecule has 0 spiro atoms. The summed E-state index contributed by atoms with van der Waals surface area (Å²) in [6.45, 7) is 2.67. The Hall–Kier alpha value is -1.36. The summed E-state index contributed by atoms with van der Waals surface area (Å²) in [7, 11) is 0. The van der Waals surface area contributed by atoms with E-state index in [0.717, 1.165) is 0 Å². The molecule has 1 aromatic heterocycles. The highest BCUT2D eigenvalue weighted by Crippen LogP contribution is 2.32. The van der Waals surface area contributed by atoms with Crippen LogP contribution >= 0.6 is 0 Å². The van der Waals surface area contributed by atoms with Gasteiger partial charge in [-0.15, -0.1) is 0 Å². The van der Waals surface area contributed by atoms with Crippen LogP contribution in [-0.4, -0.2) is 27.8 Å². The standard InChI is InChI=1S/C12H20N4O/c1-9(8-16-6-2-5-14-16)15-12(17)7-11(13)10-3-4-10/h2,5-6,9-11H,3-4,7-8,13H2,1H3,(H,15,17). The van der Waals surface area contributed by atoms with Crippen molar-refractivity contribution in [2.75, 3.05) is 0 Å². The zero-order valence-electron chi connectivity index (χ0n) is 10.2. The van der Waals surface area contributed by atoms with Crippen LogP contribution in [0.5, 0.6) is 0 Å². The normalized spacial score (nSPS) is 18.7. The lowest BCUT2D eigenvalue weighted by Gasteiger charge is -2.16. The van der Waals surface area contributed by atoms with Crippen molar-refractivity contribution in [1.82, 2.24) is 15.1 Å². The van der Waals surface area contributed by atoms with E-state index in [9.17, 15) is 4.79 Å². The summed E-state index contributed by atoms with van der Waals surface area (Å²) >= 11 is 0. The fourth-order valence-corrected chi connectivity index (χ4v) is 1.97. The Morgan fingerprint density at radius 1 is 1.65 bits per heavy atom. The molecule has 1 fully saturated rings. The lowest BCUT2D eigenvalue weighted by atomic mass is 10.1. The van der Waals surface area contributed by atoms with Gasteiger partial charge < -0.3 is 11.1 Å². The van der Waals surface area contributed by atoms with Gasteiger partial charge in [-0.2, -0.15) is 5.10 Å². The number of aromatic nitrogens is 2. The quantitative estimate of drug-likeness (QED) is 0.756. The first-order valence-electron chi connectivity index (χ1n) is 6.17. The molecule has 1 amide bonds. The molecule has 17 heavy (non-hydrogen) atoms. The van der Waals surface area contributed by atoms with E-state index < -0.39 is 0 Å². The molecule has 1 aromatic rings. The van der Waals surface area contributed by atoms with Crippen molar-refractivity contribution in [2.24, 2.45) is 11.7 Å². The maximum Gasteiger partial charge on any atom is 0.221 e. The highest BCUT2D eigenvalue weighted by molar-refractivity contribution is 5.76. The van der Waals surface area contributed by atoms with E-state index in [1.54, 1.807) is 6.20 Å². The molecule has 2 unspecified atom stereocenters. The molecular formula is C12H20N4O. The number of hydrogen-bond donors (Lipinski definition) is 2. The van der Waals surface area contributed by atoms with Gasteiger partial charge in [-0.05, 0) is 31.7 Å². The van der Waals surface area contributed by atoms with Gasteiger partial charge in [0.2, 0.25) is 5.91 Å². The lowest BCUT2D eigenvalue weighted by Crippen LogP contribution is -2.39. The molecule has 94 valence electrons. The second-order valence-corrected chi connectivity index (χ2v) is 4.90. The van der Waals surface area contributed by atoms with Crippen LogP contribution in [0, 0.1) is 5.92 Å². The third-order valence-electron chi connectivity index (χ3n) is 3.08. The summed E-state index contributed by atoms with van der Waals surface area (Å²) in [5.41, 5.74) is 5.91. The summed E-state index contributed by atoms with van der Waals surface area (Å²) in [5.74, 6) is 0.617. The van der Waals surface area contributed by atoms with Crippen molar-refractivity contribution in [2.45, 2.75) is 44.8 Å². The molecule has 0 aliphatic heterocycles. The maximum absolute atomic E-state index is 11.7. The van der Waals surface area contributed by atoms with Gasteiger partial charge in [-0.3, -0.25) is 9.48 Å². The summed E-state index contributed by atoms with van der Waals surface area (Å²) in [5, 5.41) is 7.06. The predicted octanol–water partition coefficient (Wildman–Crippen LogP) is 0.515. The maximum atomic E-state index is 11.7. The SMILES string of the molecule is CC(Cn1cccn1)NC(=O)CC(N)C1CC1. The molecule has 2 rings (SSSR count). The Kier molecular flexibility index (Phi) is 3.78. The average molecular weight is 236 g/mol. The number of carbonyl (C=O) groups excluding carboxylic acids is 1. The van der Waals surface area contributed by atoms with Gasteiger partial charge in [0.15, 0.2) is 0 Å². The van der Waals surface area contributed by atoms with Crippen molar-refractivity contribution in [3.63, 3.8) is 0 Å². The van der Waals surface area contributed by atoms with Crippen LogP contribution in [0.2, 0.25) is 0 Å². The van der Waals surface area contributed by atoms with E-state index >= 15 is 0 Å².